The van der Waals surface area contributed by atoms with Crippen molar-refractivity contribution < 1.29 is 9.53 Å². The van der Waals surface area contributed by atoms with Gasteiger partial charge in [0.2, 0.25) is 0 Å². The van der Waals surface area contributed by atoms with E-state index in [1.54, 1.807) is 0 Å². The molecule has 0 radical (unpaired) electrons. The summed E-state index contributed by atoms with van der Waals surface area (Å²) < 4.78 is 5.98. The lowest BCUT2D eigenvalue weighted by Gasteiger charge is -2.62. The van der Waals surface area contributed by atoms with Crippen LogP contribution in [0.2, 0.25) is 0 Å². The van der Waals surface area contributed by atoms with Crippen molar-refractivity contribution in [2.45, 2.75) is 90.7 Å². The molecule has 5 rings (SSSR count). The van der Waals surface area contributed by atoms with Gasteiger partial charge in [-0.05, 0) is 81.0 Å². The first-order valence-electron chi connectivity index (χ1n) is 12.1. The number of carbonyl (C=O) groups is 1. The van der Waals surface area contributed by atoms with Gasteiger partial charge >= 0.3 is 5.97 Å². The average molecular weight is 411 g/mol. The molecule has 164 valence electrons. The maximum absolute atomic E-state index is 12.1. The third-order valence-corrected chi connectivity index (χ3v) is 11.1. The van der Waals surface area contributed by atoms with Crippen LogP contribution in [0.15, 0.2) is 12.2 Å². The lowest BCUT2D eigenvalue weighted by Crippen LogP contribution is -2.59. The Kier molecular flexibility index (Phi) is 4.20. The minimum Gasteiger partial charge on any atom is -0.462 e. The second-order valence-corrected chi connectivity index (χ2v) is 12.0. The van der Waals surface area contributed by atoms with E-state index < -0.39 is 0 Å². The summed E-state index contributed by atoms with van der Waals surface area (Å²) in [7, 11) is 0. The van der Waals surface area contributed by atoms with Gasteiger partial charge in [-0.25, -0.2) is 0 Å². The number of hydrogen-bond donors (Lipinski definition) is 1. The molecule has 5 saturated carbocycles. The van der Waals surface area contributed by atoms with Gasteiger partial charge in [0.1, 0.15) is 6.10 Å². The molecule has 5 fully saturated rings. The van der Waals surface area contributed by atoms with Gasteiger partial charge in [0.25, 0.3) is 0 Å². The van der Waals surface area contributed by atoms with E-state index in [9.17, 15) is 10.1 Å². The van der Waals surface area contributed by atoms with Crippen LogP contribution < -0.4 is 5.73 Å². The van der Waals surface area contributed by atoms with Crippen molar-refractivity contribution in [3.8, 4) is 6.07 Å². The van der Waals surface area contributed by atoms with Gasteiger partial charge in [-0.15, -0.1) is 0 Å². The summed E-state index contributed by atoms with van der Waals surface area (Å²) in [6.45, 7) is 13.3. The van der Waals surface area contributed by atoms with Crippen LogP contribution >= 0.6 is 0 Å². The lowest BCUT2D eigenvalue weighted by atomic mass is 9.40. The first-order valence-corrected chi connectivity index (χ1v) is 12.1. The van der Waals surface area contributed by atoms with E-state index >= 15 is 0 Å². The predicted molar refractivity (Wildman–Crippen MR) is 116 cm³/mol. The van der Waals surface area contributed by atoms with E-state index in [2.05, 4.69) is 33.4 Å². The summed E-state index contributed by atoms with van der Waals surface area (Å²) in [6, 6.07) is 2.87. The molecule has 4 heteroatoms. The zero-order valence-corrected chi connectivity index (χ0v) is 19.2. The van der Waals surface area contributed by atoms with Gasteiger partial charge in [0, 0.05) is 23.3 Å². The molecule has 10 atom stereocenters. The number of esters is 1. The predicted octanol–water partition coefficient (Wildman–Crippen LogP) is 4.98. The Morgan fingerprint density at radius 2 is 1.93 bits per heavy atom. The van der Waals surface area contributed by atoms with Crippen LogP contribution in [0.4, 0.5) is 0 Å². The molecule has 0 saturated heterocycles. The van der Waals surface area contributed by atoms with E-state index in [-0.39, 0.29) is 39.8 Å². The highest BCUT2D eigenvalue weighted by Gasteiger charge is 2.77. The SMILES string of the molecule is C=C1CCC2(C)C3CCC4(C)C(OC(=O)CC)CCC4C3[C@H]3C[C@]2(C#N)C1C3(C)N. The highest BCUT2D eigenvalue weighted by Crippen LogP contribution is 2.78. The van der Waals surface area contributed by atoms with Crippen molar-refractivity contribution in [3.63, 3.8) is 0 Å². The van der Waals surface area contributed by atoms with Crippen LogP contribution in [0.5, 0.6) is 0 Å². The van der Waals surface area contributed by atoms with Crippen molar-refractivity contribution in [2.24, 2.45) is 51.6 Å². The molecule has 0 amide bonds. The number of hydrogen-bond acceptors (Lipinski definition) is 4. The molecule has 4 nitrogen and oxygen atoms in total. The van der Waals surface area contributed by atoms with E-state index in [0.29, 0.717) is 30.1 Å². The van der Waals surface area contributed by atoms with E-state index in [0.717, 1.165) is 44.9 Å². The average Bonchev–Trinajstić information content (AvgIpc) is 3.15. The molecule has 5 aliphatic rings. The standard InChI is InChI=1S/C26H38N2O2/c1-6-20(29)30-19-8-7-16-21-17(10-11-23(16,19)3)24(4)12-9-15(2)22-25(5,28)18(21)13-26(22,24)14-27/h16-19,21-22H,2,6-13,28H2,1,3-5H3/t16?,17?,18-,19?,21?,22?,23?,24?,25?,26+/m1/s1. The first-order chi connectivity index (χ1) is 14.1. The topological polar surface area (TPSA) is 76.1 Å². The molecule has 30 heavy (non-hydrogen) atoms. The third-order valence-electron chi connectivity index (χ3n) is 11.1. The molecule has 0 aromatic carbocycles. The second kappa shape index (κ2) is 6.12. The number of fused-ring (bicyclic) bond motifs is 6. The van der Waals surface area contributed by atoms with Gasteiger partial charge < -0.3 is 10.5 Å². The highest BCUT2D eigenvalue weighted by atomic mass is 16.5. The van der Waals surface area contributed by atoms with Crippen molar-refractivity contribution in [3.05, 3.63) is 12.2 Å². The quantitative estimate of drug-likeness (QED) is 0.514. The minimum absolute atomic E-state index is 0.00537. The Hall–Kier alpha value is -1.34. The summed E-state index contributed by atoms with van der Waals surface area (Å²) in [6.07, 6.45) is 7.78. The summed E-state index contributed by atoms with van der Waals surface area (Å²) >= 11 is 0. The molecule has 5 aliphatic carbocycles. The zero-order valence-electron chi connectivity index (χ0n) is 19.2. The molecule has 8 unspecified atom stereocenters. The van der Waals surface area contributed by atoms with Gasteiger partial charge in [0.05, 0.1) is 11.5 Å². The Morgan fingerprint density at radius 3 is 2.60 bits per heavy atom. The van der Waals surface area contributed by atoms with Crippen LogP contribution in [0.3, 0.4) is 0 Å². The second-order valence-electron chi connectivity index (χ2n) is 12.0. The molecule has 2 N–H and O–H groups in total. The number of nitriles is 1. The van der Waals surface area contributed by atoms with Crippen molar-refractivity contribution in [2.75, 3.05) is 0 Å². The smallest absolute Gasteiger partial charge is 0.305 e. The van der Waals surface area contributed by atoms with E-state index in [4.69, 9.17) is 10.5 Å². The fourth-order valence-corrected chi connectivity index (χ4v) is 9.76. The fourth-order valence-electron chi connectivity index (χ4n) is 9.76. The molecule has 0 aliphatic heterocycles. The normalized spacial score (nSPS) is 56.1. The monoisotopic (exact) mass is 410 g/mol. The van der Waals surface area contributed by atoms with Crippen molar-refractivity contribution >= 4 is 5.97 Å². The maximum atomic E-state index is 12.1. The van der Waals surface area contributed by atoms with Crippen LogP contribution in [0.1, 0.15) is 79.1 Å². The molecule has 0 heterocycles. The summed E-state index contributed by atoms with van der Waals surface area (Å²) in [5.74, 6) is 1.97. The van der Waals surface area contributed by atoms with E-state index in [1.807, 2.05) is 6.92 Å². The number of rotatable bonds is 2. The number of ether oxygens (including phenoxy) is 1. The Bertz CT molecular complexity index is 842. The van der Waals surface area contributed by atoms with Crippen molar-refractivity contribution in [1.82, 2.24) is 0 Å². The third kappa shape index (κ3) is 2.14. The molecule has 0 spiro atoms. The van der Waals surface area contributed by atoms with Crippen LogP contribution in [0.25, 0.3) is 0 Å². The van der Waals surface area contributed by atoms with Crippen LogP contribution in [0, 0.1) is 57.2 Å². The van der Waals surface area contributed by atoms with Crippen molar-refractivity contribution in [1.29, 1.82) is 5.26 Å². The Morgan fingerprint density at radius 1 is 1.20 bits per heavy atom. The Balaban J connectivity index is 1.60. The van der Waals surface area contributed by atoms with Gasteiger partial charge in [0.15, 0.2) is 0 Å². The van der Waals surface area contributed by atoms with Gasteiger partial charge in [-0.3, -0.25) is 4.79 Å². The van der Waals surface area contributed by atoms with Gasteiger partial charge in [-0.1, -0.05) is 32.9 Å². The summed E-state index contributed by atoms with van der Waals surface area (Å²) in [4.78, 5) is 12.1. The molecular formula is C26H38N2O2. The molecule has 0 aromatic heterocycles. The fraction of sp³-hybridized carbons (Fsp3) is 0.846. The minimum atomic E-state index is -0.385. The number of nitrogens with zero attached hydrogens (tertiary/aromatic N) is 1. The molecular weight excluding hydrogens is 372 g/mol. The van der Waals surface area contributed by atoms with E-state index in [1.165, 1.54) is 5.57 Å². The zero-order chi connectivity index (χ0) is 21.7. The van der Waals surface area contributed by atoms with Crippen LogP contribution in [-0.4, -0.2) is 17.6 Å². The molecule has 0 aromatic rings. The highest BCUT2D eigenvalue weighted by molar-refractivity contribution is 5.69. The van der Waals surface area contributed by atoms with Crippen LogP contribution in [-0.2, 0) is 9.53 Å². The summed E-state index contributed by atoms with van der Waals surface area (Å²) in [5.41, 5.74) is 7.71. The summed E-state index contributed by atoms with van der Waals surface area (Å²) in [5, 5.41) is 10.6. The Labute approximate surface area is 181 Å². The lowest BCUT2D eigenvalue weighted by molar-refractivity contribution is -0.168. The largest absolute Gasteiger partial charge is 0.462 e. The number of nitrogens with two attached hydrogens (primary N) is 1. The number of carbonyl (C=O) groups excluding carboxylic acids is 1. The molecule has 2 bridgehead atoms. The van der Waals surface area contributed by atoms with Gasteiger partial charge in [-0.2, -0.15) is 5.26 Å². The first kappa shape index (κ1) is 20.6. The maximum Gasteiger partial charge on any atom is 0.305 e.